The van der Waals surface area contributed by atoms with Crippen LogP contribution in [0.4, 0.5) is 0 Å². The number of fused-ring (bicyclic) bond motifs is 1. The Hall–Kier alpha value is -0.550. The van der Waals surface area contributed by atoms with Gasteiger partial charge in [-0.2, -0.15) is 0 Å². The average Bonchev–Trinajstić information content (AvgIpc) is 3.14. The minimum absolute atomic E-state index is 0.108. The van der Waals surface area contributed by atoms with Crippen molar-refractivity contribution >= 4 is 11.6 Å². The van der Waals surface area contributed by atoms with Gasteiger partial charge in [-0.25, -0.2) is 0 Å². The van der Waals surface area contributed by atoms with E-state index in [-0.39, 0.29) is 11.5 Å². The average molecular weight is 436 g/mol. The first-order chi connectivity index (χ1) is 14.5. The monoisotopic (exact) mass is 435 g/mol. The molecule has 5 heteroatoms. The molecule has 0 radical (unpaired) electrons. The molecule has 4 rings (SSSR count). The van der Waals surface area contributed by atoms with Gasteiger partial charge in [-0.05, 0) is 75.8 Å². The number of likely N-dealkylation sites (tertiary alicyclic amines) is 1. The van der Waals surface area contributed by atoms with Gasteiger partial charge in [0.2, 0.25) is 0 Å². The number of alkyl halides is 1. The van der Waals surface area contributed by atoms with Gasteiger partial charge in [0.1, 0.15) is 0 Å². The summed E-state index contributed by atoms with van der Waals surface area (Å²) >= 11 is 6.23. The van der Waals surface area contributed by atoms with E-state index in [0.717, 1.165) is 50.6 Å². The van der Waals surface area contributed by atoms with E-state index in [0.29, 0.717) is 23.9 Å². The molecule has 2 aliphatic carbocycles. The van der Waals surface area contributed by atoms with Crippen LogP contribution in [0.2, 0.25) is 0 Å². The van der Waals surface area contributed by atoms with Crippen LogP contribution < -0.4 is 10.6 Å². The van der Waals surface area contributed by atoms with Crippen molar-refractivity contribution in [2.24, 2.45) is 23.7 Å². The van der Waals surface area contributed by atoms with Gasteiger partial charge >= 0.3 is 0 Å². The molecule has 2 heterocycles. The Morgan fingerprint density at radius 2 is 1.90 bits per heavy atom. The van der Waals surface area contributed by atoms with Crippen molar-refractivity contribution in [1.82, 2.24) is 15.5 Å². The number of allylic oxidation sites excluding steroid dienone is 2. The summed E-state index contributed by atoms with van der Waals surface area (Å²) in [5.74, 6) is 2.74. The summed E-state index contributed by atoms with van der Waals surface area (Å²) < 4.78 is 0. The van der Waals surface area contributed by atoms with E-state index < -0.39 is 0 Å². The summed E-state index contributed by atoms with van der Waals surface area (Å²) in [7, 11) is 0. The molecule has 5 unspecified atom stereocenters. The molecule has 0 bridgehead atoms. The van der Waals surface area contributed by atoms with Gasteiger partial charge in [0.05, 0.1) is 11.5 Å². The highest BCUT2D eigenvalue weighted by Gasteiger charge is 2.33. The Balaban J connectivity index is 1.22. The smallest absolute Gasteiger partial charge is 0.0547 e. The molecule has 2 fully saturated rings. The molecule has 1 saturated carbocycles. The molecule has 3 N–H and O–H groups in total. The van der Waals surface area contributed by atoms with Crippen LogP contribution >= 0.6 is 11.6 Å². The minimum Gasteiger partial charge on any atom is -0.393 e. The van der Waals surface area contributed by atoms with E-state index in [9.17, 15) is 5.11 Å². The van der Waals surface area contributed by atoms with E-state index in [1.165, 1.54) is 38.0 Å². The lowest BCUT2D eigenvalue weighted by molar-refractivity contribution is 0.103. The topological polar surface area (TPSA) is 47.5 Å². The zero-order valence-corrected chi connectivity index (χ0v) is 19.7. The van der Waals surface area contributed by atoms with E-state index in [4.69, 9.17) is 11.6 Å². The summed E-state index contributed by atoms with van der Waals surface area (Å²) in [5, 5.41) is 17.8. The summed E-state index contributed by atoms with van der Waals surface area (Å²) in [6, 6.07) is 1.06. The quantitative estimate of drug-likeness (QED) is 0.419. The molecule has 1 saturated heterocycles. The Kier molecular flexibility index (Phi) is 7.83. The third-order valence-electron chi connectivity index (χ3n) is 8.05. The lowest BCUT2D eigenvalue weighted by atomic mass is 9.79. The third-order valence-corrected chi connectivity index (χ3v) is 8.42. The summed E-state index contributed by atoms with van der Waals surface area (Å²) in [4.78, 5) is 2.68. The maximum absolute atomic E-state index is 9.94. The second kappa shape index (κ2) is 10.4. The molecule has 30 heavy (non-hydrogen) atoms. The normalized spacial score (nSPS) is 36.4. The zero-order chi connectivity index (χ0) is 21.1. The Morgan fingerprint density at radius 1 is 1.10 bits per heavy atom. The summed E-state index contributed by atoms with van der Waals surface area (Å²) in [5.41, 5.74) is 1.34. The van der Waals surface area contributed by atoms with Crippen LogP contribution in [0.3, 0.4) is 0 Å². The van der Waals surface area contributed by atoms with Gasteiger partial charge in [-0.3, -0.25) is 0 Å². The van der Waals surface area contributed by atoms with E-state index in [1.807, 2.05) is 0 Å². The van der Waals surface area contributed by atoms with Crippen LogP contribution in [-0.4, -0.2) is 59.8 Å². The number of aliphatic hydroxyl groups excluding tert-OH is 1. The van der Waals surface area contributed by atoms with Gasteiger partial charge < -0.3 is 20.6 Å². The molecule has 0 aromatic carbocycles. The second-order valence-electron chi connectivity index (χ2n) is 10.6. The minimum atomic E-state index is -0.108. The largest absolute Gasteiger partial charge is 0.393 e. The van der Waals surface area contributed by atoms with Gasteiger partial charge in [0, 0.05) is 36.8 Å². The molecular weight excluding hydrogens is 394 g/mol. The van der Waals surface area contributed by atoms with E-state index >= 15 is 0 Å². The maximum atomic E-state index is 9.94. The summed E-state index contributed by atoms with van der Waals surface area (Å²) in [6.45, 7) is 9.21. The molecule has 0 aromatic heterocycles. The maximum Gasteiger partial charge on any atom is 0.0547 e. The molecule has 6 atom stereocenters. The predicted octanol–water partition coefficient (Wildman–Crippen LogP) is 3.90. The number of nitrogens with zero attached hydrogens (tertiary/aromatic N) is 1. The van der Waals surface area contributed by atoms with Gasteiger partial charge in [-0.1, -0.05) is 32.1 Å². The number of rotatable bonds is 7. The van der Waals surface area contributed by atoms with E-state index in [1.54, 1.807) is 0 Å². The van der Waals surface area contributed by atoms with Crippen LogP contribution in [0.25, 0.3) is 0 Å². The third kappa shape index (κ3) is 5.82. The van der Waals surface area contributed by atoms with Gasteiger partial charge in [-0.15, -0.1) is 11.6 Å². The lowest BCUT2D eigenvalue weighted by Gasteiger charge is -2.38. The SMILES string of the molecule is CC(C)[C@H](CN1CCC(C2C=CC(Cl)CC2)CC1)NCC1=CC2CC(O)CCC2N1. The van der Waals surface area contributed by atoms with Crippen LogP contribution in [0, 0.1) is 23.7 Å². The first-order valence-electron chi connectivity index (χ1n) is 12.4. The molecule has 4 aliphatic rings. The number of aliphatic hydroxyl groups is 1. The lowest BCUT2D eigenvalue weighted by Crippen LogP contribution is -2.48. The van der Waals surface area contributed by atoms with Crippen LogP contribution in [0.15, 0.2) is 23.9 Å². The van der Waals surface area contributed by atoms with Crippen LogP contribution in [0.1, 0.15) is 58.8 Å². The molecule has 0 aromatic rings. The van der Waals surface area contributed by atoms with Crippen molar-refractivity contribution in [2.75, 3.05) is 26.2 Å². The fourth-order valence-electron chi connectivity index (χ4n) is 5.99. The Labute approximate surface area is 188 Å². The van der Waals surface area contributed by atoms with Crippen LogP contribution in [-0.2, 0) is 0 Å². The number of hydrogen-bond donors (Lipinski definition) is 3. The van der Waals surface area contributed by atoms with Crippen molar-refractivity contribution < 1.29 is 5.11 Å². The fourth-order valence-corrected chi connectivity index (χ4v) is 6.20. The molecule has 4 nitrogen and oxygen atoms in total. The molecular formula is C25H42ClN3O. The van der Waals surface area contributed by atoms with Gasteiger partial charge in [0.15, 0.2) is 0 Å². The molecule has 0 amide bonds. The standard InChI is InChI=1S/C25H42ClN3O/c1-17(2)25(27-15-22-13-20-14-23(30)7-8-24(20)28-22)16-29-11-9-19(10-12-29)18-3-5-21(26)6-4-18/h3,5,13,17-21,23-25,27-28,30H,4,6-12,14-16H2,1-2H3/t18?,20?,21?,23?,24?,25-/m0/s1. The number of nitrogens with one attached hydrogen (secondary N) is 2. The van der Waals surface area contributed by atoms with Crippen molar-refractivity contribution in [3.05, 3.63) is 23.9 Å². The Bertz CT molecular complexity index is 614. The first kappa shape index (κ1) is 22.6. The second-order valence-corrected chi connectivity index (χ2v) is 11.1. The van der Waals surface area contributed by atoms with E-state index in [2.05, 4.69) is 47.6 Å². The highest BCUT2D eigenvalue weighted by atomic mass is 35.5. The number of halogens is 1. The first-order valence-corrected chi connectivity index (χ1v) is 12.8. The van der Waals surface area contributed by atoms with Crippen molar-refractivity contribution in [3.8, 4) is 0 Å². The molecule has 170 valence electrons. The highest BCUT2D eigenvalue weighted by Crippen LogP contribution is 2.34. The van der Waals surface area contributed by atoms with Crippen molar-refractivity contribution in [3.63, 3.8) is 0 Å². The zero-order valence-electron chi connectivity index (χ0n) is 18.9. The number of hydrogen-bond acceptors (Lipinski definition) is 4. The Morgan fingerprint density at radius 3 is 2.60 bits per heavy atom. The highest BCUT2D eigenvalue weighted by molar-refractivity contribution is 6.21. The molecule has 2 aliphatic heterocycles. The van der Waals surface area contributed by atoms with Crippen molar-refractivity contribution in [1.29, 1.82) is 0 Å². The fraction of sp³-hybridized carbons (Fsp3) is 0.840. The van der Waals surface area contributed by atoms with Crippen molar-refractivity contribution in [2.45, 2.75) is 82.4 Å². The molecule has 0 spiro atoms. The van der Waals surface area contributed by atoms with Crippen LogP contribution in [0.5, 0.6) is 0 Å². The summed E-state index contributed by atoms with van der Waals surface area (Å²) in [6.07, 6.45) is 14.9. The number of piperidine rings is 1. The predicted molar refractivity (Wildman–Crippen MR) is 126 cm³/mol. The van der Waals surface area contributed by atoms with Gasteiger partial charge in [0.25, 0.3) is 0 Å².